The normalized spacial score (nSPS) is 11.5. The monoisotopic (exact) mass is 301 g/mol. The second-order valence-electron chi connectivity index (χ2n) is 5.99. The molecule has 1 aromatic heterocycles. The van der Waals surface area contributed by atoms with E-state index >= 15 is 0 Å². The number of aromatic nitrogens is 2. The van der Waals surface area contributed by atoms with Gasteiger partial charge in [0.1, 0.15) is 5.75 Å². The van der Waals surface area contributed by atoms with E-state index in [-0.39, 0.29) is 5.56 Å². The first-order chi connectivity index (χ1) is 10.3. The van der Waals surface area contributed by atoms with Crippen LogP contribution < -0.4 is 16.0 Å². The van der Waals surface area contributed by atoms with Crippen LogP contribution in [0, 0.1) is 6.92 Å². The molecule has 2 N–H and O–H groups in total. The summed E-state index contributed by atoms with van der Waals surface area (Å²) in [7, 11) is 1.62. The summed E-state index contributed by atoms with van der Waals surface area (Å²) in [5.74, 6) is 0.722. The Hall–Kier alpha value is -2.14. The lowest BCUT2D eigenvalue weighted by atomic mass is 9.95. The van der Waals surface area contributed by atoms with Crippen molar-refractivity contribution < 1.29 is 4.74 Å². The summed E-state index contributed by atoms with van der Waals surface area (Å²) in [6.45, 7) is 8.03. The number of nitrogens with zero attached hydrogens (tertiary/aromatic N) is 2. The molecule has 0 bridgehead atoms. The molecule has 2 aromatic rings. The van der Waals surface area contributed by atoms with Gasteiger partial charge in [0.05, 0.1) is 12.8 Å². The molecule has 0 atom stereocenters. The van der Waals surface area contributed by atoms with Crippen molar-refractivity contribution >= 4 is 0 Å². The van der Waals surface area contributed by atoms with Gasteiger partial charge in [0, 0.05) is 23.2 Å². The Kier molecular flexibility index (Phi) is 4.37. The fraction of sp³-hybridized carbons (Fsp3) is 0.412. The molecule has 5 nitrogen and oxygen atoms in total. The van der Waals surface area contributed by atoms with Crippen LogP contribution in [0.1, 0.15) is 31.9 Å². The molecule has 5 heteroatoms. The highest BCUT2D eigenvalue weighted by Crippen LogP contribution is 2.30. The molecule has 0 aliphatic rings. The van der Waals surface area contributed by atoms with Gasteiger partial charge in [-0.2, -0.15) is 5.10 Å². The number of rotatable bonds is 4. The van der Waals surface area contributed by atoms with Gasteiger partial charge in [-0.1, -0.05) is 11.6 Å². The third-order valence-corrected chi connectivity index (χ3v) is 3.60. The second-order valence-corrected chi connectivity index (χ2v) is 5.99. The standard InChI is InChI=1S/C17H23N3O2/c1-6-20-16(21)13(17(3,4)18)10-14(19-20)12-9-11(2)7-8-15(12)22-5/h7-10H,6,18H2,1-5H3. The van der Waals surface area contributed by atoms with Gasteiger partial charge >= 0.3 is 0 Å². The molecule has 0 saturated heterocycles. The summed E-state index contributed by atoms with van der Waals surface area (Å²) in [6, 6.07) is 7.65. The van der Waals surface area contributed by atoms with E-state index in [0.717, 1.165) is 16.9 Å². The van der Waals surface area contributed by atoms with Crippen LogP contribution in [0.25, 0.3) is 11.3 Å². The molecule has 0 amide bonds. The number of benzene rings is 1. The van der Waals surface area contributed by atoms with E-state index in [1.54, 1.807) is 13.2 Å². The molecule has 0 aliphatic heterocycles. The fourth-order valence-electron chi connectivity index (χ4n) is 2.37. The van der Waals surface area contributed by atoms with Crippen molar-refractivity contribution in [1.29, 1.82) is 0 Å². The summed E-state index contributed by atoms with van der Waals surface area (Å²) in [4.78, 5) is 12.4. The molecule has 2 rings (SSSR count). The van der Waals surface area contributed by atoms with E-state index in [2.05, 4.69) is 5.10 Å². The zero-order valence-corrected chi connectivity index (χ0v) is 13.8. The van der Waals surface area contributed by atoms with E-state index < -0.39 is 5.54 Å². The lowest BCUT2D eigenvalue weighted by Gasteiger charge is -2.20. The fourth-order valence-corrected chi connectivity index (χ4v) is 2.37. The second kappa shape index (κ2) is 5.93. The highest BCUT2D eigenvalue weighted by molar-refractivity contribution is 5.68. The maximum absolute atomic E-state index is 12.4. The van der Waals surface area contributed by atoms with E-state index in [1.165, 1.54) is 4.68 Å². The molecule has 0 spiro atoms. The number of nitrogens with two attached hydrogens (primary N) is 1. The van der Waals surface area contributed by atoms with Crippen molar-refractivity contribution in [3.63, 3.8) is 0 Å². The van der Waals surface area contributed by atoms with Crippen molar-refractivity contribution in [3.8, 4) is 17.0 Å². The number of methoxy groups -OCH3 is 1. The molecule has 0 saturated carbocycles. The summed E-state index contributed by atoms with van der Waals surface area (Å²) < 4.78 is 6.87. The number of aryl methyl sites for hydroxylation is 2. The van der Waals surface area contributed by atoms with E-state index in [4.69, 9.17) is 10.5 Å². The summed E-state index contributed by atoms with van der Waals surface area (Å²) in [6.07, 6.45) is 0. The van der Waals surface area contributed by atoms with Gasteiger partial charge in [0.2, 0.25) is 0 Å². The van der Waals surface area contributed by atoms with Crippen molar-refractivity contribution in [3.05, 3.63) is 45.7 Å². The SMILES string of the molecule is CCn1nc(-c2cc(C)ccc2OC)cc(C(C)(C)N)c1=O. The predicted octanol–water partition coefficient (Wildman–Crippen LogP) is 2.44. The molecular formula is C17H23N3O2. The third-order valence-electron chi connectivity index (χ3n) is 3.60. The molecule has 0 radical (unpaired) electrons. The first-order valence-corrected chi connectivity index (χ1v) is 7.34. The number of ether oxygens (including phenoxy) is 1. The van der Waals surface area contributed by atoms with Gasteiger partial charge in [-0.25, -0.2) is 4.68 Å². The summed E-state index contributed by atoms with van der Waals surface area (Å²) in [5, 5.41) is 4.45. The smallest absolute Gasteiger partial charge is 0.271 e. The molecular weight excluding hydrogens is 278 g/mol. The van der Waals surface area contributed by atoms with Crippen LogP contribution in [-0.4, -0.2) is 16.9 Å². The van der Waals surface area contributed by atoms with Crippen LogP contribution in [0.4, 0.5) is 0 Å². The van der Waals surface area contributed by atoms with Gasteiger partial charge in [-0.3, -0.25) is 4.79 Å². The Morgan fingerprint density at radius 2 is 2.00 bits per heavy atom. The predicted molar refractivity (Wildman–Crippen MR) is 88.1 cm³/mol. The van der Waals surface area contributed by atoms with E-state index in [1.807, 2.05) is 45.9 Å². The van der Waals surface area contributed by atoms with Gasteiger partial charge in [-0.15, -0.1) is 0 Å². The lowest BCUT2D eigenvalue weighted by molar-refractivity contribution is 0.416. The quantitative estimate of drug-likeness (QED) is 0.941. The van der Waals surface area contributed by atoms with Crippen molar-refractivity contribution in [2.45, 2.75) is 39.8 Å². The Morgan fingerprint density at radius 1 is 1.32 bits per heavy atom. The maximum Gasteiger partial charge on any atom is 0.271 e. The highest BCUT2D eigenvalue weighted by atomic mass is 16.5. The van der Waals surface area contributed by atoms with Crippen LogP contribution in [-0.2, 0) is 12.1 Å². The lowest BCUT2D eigenvalue weighted by Crippen LogP contribution is -2.39. The highest BCUT2D eigenvalue weighted by Gasteiger charge is 2.22. The minimum absolute atomic E-state index is 0.148. The van der Waals surface area contributed by atoms with Gasteiger partial charge in [-0.05, 0) is 45.9 Å². The molecule has 118 valence electrons. The average Bonchev–Trinajstić information content (AvgIpc) is 2.46. The Bertz CT molecular complexity index is 743. The van der Waals surface area contributed by atoms with Gasteiger partial charge < -0.3 is 10.5 Å². The Labute approximate surface area is 130 Å². The minimum Gasteiger partial charge on any atom is -0.496 e. The van der Waals surface area contributed by atoms with Crippen molar-refractivity contribution in [2.24, 2.45) is 5.73 Å². The minimum atomic E-state index is -0.733. The largest absolute Gasteiger partial charge is 0.496 e. The summed E-state index contributed by atoms with van der Waals surface area (Å²) >= 11 is 0. The zero-order valence-electron chi connectivity index (χ0n) is 13.8. The Balaban J connectivity index is 2.77. The summed E-state index contributed by atoms with van der Waals surface area (Å²) in [5.41, 5.74) is 8.46. The zero-order chi connectivity index (χ0) is 16.5. The molecule has 22 heavy (non-hydrogen) atoms. The molecule has 1 heterocycles. The van der Waals surface area contributed by atoms with Crippen LogP contribution in [0.2, 0.25) is 0 Å². The Morgan fingerprint density at radius 3 is 2.55 bits per heavy atom. The van der Waals surface area contributed by atoms with E-state index in [9.17, 15) is 4.79 Å². The van der Waals surface area contributed by atoms with Crippen LogP contribution in [0.15, 0.2) is 29.1 Å². The molecule has 0 aliphatic carbocycles. The van der Waals surface area contributed by atoms with Crippen molar-refractivity contribution in [1.82, 2.24) is 9.78 Å². The van der Waals surface area contributed by atoms with Gasteiger partial charge in [0.25, 0.3) is 5.56 Å². The first-order valence-electron chi connectivity index (χ1n) is 7.34. The van der Waals surface area contributed by atoms with Crippen molar-refractivity contribution in [2.75, 3.05) is 7.11 Å². The average molecular weight is 301 g/mol. The molecule has 1 aromatic carbocycles. The van der Waals surface area contributed by atoms with Gasteiger partial charge in [0.15, 0.2) is 0 Å². The van der Waals surface area contributed by atoms with Crippen LogP contribution >= 0.6 is 0 Å². The maximum atomic E-state index is 12.4. The molecule has 0 unspecified atom stereocenters. The number of hydrogen-bond acceptors (Lipinski definition) is 4. The van der Waals surface area contributed by atoms with E-state index in [0.29, 0.717) is 17.8 Å². The third kappa shape index (κ3) is 3.04. The van der Waals surface area contributed by atoms with Crippen LogP contribution in [0.3, 0.4) is 0 Å². The molecule has 0 fully saturated rings. The van der Waals surface area contributed by atoms with Crippen LogP contribution in [0.5, 0.6) is 5.75 Å². The topological polar surface area (TPSA) is 70.1 Å². The first kappa shape index (κ1) is 16.2. The number of hydrogen-bond donors (Lipinski definition) is 1.